The second-order valence-corrected chi connectivity index (χ2v) is 7.71. The zero-order valence-electron chi connectivity index (χ0n) is 10.5. The van der Waals surface area contributed by atoms with Gasteiger partial charge in [0.2, 0.25) is 0 Å². The number of rotatable bonds is 3. The molecule has 8 heteroatoms. The maximum absolute atomic E-state index is 12.6. The first-order chi connectivity index (χ1) is 9.81. The standard InChI is InChI=1S/C13H10F3NO2PS/c14-13(15,16)21(18,19)17-20(11-7-3-1-4-8-11)12-9-5-2-6-10-12/h1-10H/q+1. The van der Waals surface area contributed by atoms with Crippen LogP contribution in [0.4, 0.5) is 13.2 Å². The minimum Gasteiger partial charge on any atom is -0.192 e. The van der Waals surface area contributed by atoms with E-state index in [1.165, 1.54) is 0 Å². The number of nitrogens with zero attached hydrogens (tertiary/aromatic N) is 1. The van der Waals surface area contributed by atoms with Crippen molar-refractivity contribution in [1.29, 1.82) is 0 Å². The highest BCUT2D eigenvalue weighted by Crippen LogP contribution is 2.33. The lowest BCUT2D eigenvalue weighted by Gasteiger charge is -2.00. The molecule has 0 unspecified atom stereocenters. The minimum absolute atomic E-state index is 0.437. The van der Waals surface area contributed by atoms with Gasteiger partial charge in [-0.05, 0) is 24.3 Å². The molecule has 0 aromatic heterocycles. The van der Waals surface area contributed by atoms with Crippen molar-refractivity contribution in [3.63, 3.8) is 0 Å². The van der Waals surface area contributed by atoms with Crippen LogP contribution >= 0.6 is 7.71 Å². The van der Waals surface area contributed by atoms with Crippen LogP contribution in [0.5, 0.6) is 0 Å². The molecule has 2 aromatic carbocycles. The number of halogens is 3. The largest absolute Gasteiger partial charge is 0.521 e. The summed E-state index contributed by atoms with van der Waals surface area (Å²) < 4.78 is 63.5. The Morgan fingerprint density at radius 1 is 0.810 bits per heavy atom. The molecule has 2 rings (SSSR count). The third-order valence-corrected chi connectivity index (χ3v) is 6.16. The number of hydrogen-bond donors (Lipinski definition) is 0. The van der Waals surface area contributed by atoms with Crippen molar-refractivity contribution in [2.24, 2.45) is 4.15 Å². The van der Waals surface area contributed by atoms with Crippen molar-refractivity contribution in [2.45, 2.75) is 5.51 Å². The van der Waals surface area contributed by atoms with Gasteiger partial charge in [0.15, 0.2) is 10.6 Å². The van der Waals surface area contributed by atoms with Crippen LogP contribution in [-0.2, 0) is 10.0 Å². The zero-order valence-corrected chi connectivity index (χ0v) is 12.2. The summed E-state index contributed by atoms with van der Waals surface area (Å²) in [5, 5.41) is 0.873. The summed E-state index contributed by atoms with van der Waals surface area (Å²) in [4.78, 5) is 0. The molecule has 0 spiro atoms. The van der Waals surface area contributed by atoms with Gasteiger partial charge in [0.1, 0.15) is 0 Å². The molecule has 0 N–H and O–H groups in total. The van der Waals surface area contributed by atoms with Crippen LogP contribution in [0.15, 0.2) is 64.8 Å². The van der Waals surface area contributed by atoms with Crippen LogP contribution < -0.4 is 10.6 Å². The van der Waals surface area contributed by atoms with Crippen molar-refractivity contribution in [2.75, 3.05) is 0 Å². The summed E-state index contributed by atoms with van der Waals surface area (Å²) in [5.41, 5.74) is -5.39. The van der Waals surface area contributed by atoms with Crippen LogP contribution in [0, 0.1) is 0 Å². The maximum Gasteiger partial charge on any atom is 0.521 e. The van der Waals surface area contributed by atoms with Gasteiger partial charge in [0, 0.05) is 4.15 Å². The van der Waals surface area contributed by atoms with Gasteiger partial charge in [-0.3, -0.25) is 0 Å². The van der Waals surface area contributed by atoms with Gasteiger partial charge in [0.05, 0.1) is 0 Å². The van der Waals surface area contributed by atoms with Gasteiger partial charge in [-0.2, -0.15) is 21.6 Å². The molecule has 0 heterocycles. The minimum atomic E-state index is -5.54. The topological polar surface area (TPSA) is 46.5 Å². The lowest BCUT2D eigenvalue weighted by atomic mass is 10.4. The predicted octanol–water partition coefficient (Wildman–Crippen LogP) is 3.15. The number of alkyl halides is 3. The highest BCUT2D eigenvalue weighted by Gasteiger charge is 2.49. The van der Waals surface area contributed by atoms with E-state index in [4.69, 9.17) is 0 Å². The highest BCUT2D eigenvalue weighted by molar-refractivity contribution is 7.94. The molecule has 0 fully saturated rings. The van der Waals surface area contributed by atoms with Crippen molar-refractivity contribution >= 4 is 28.3 Å². The Labute approximate surface area is 121 Å². The van der Waals surface area contributed by atoms with E-state index >= 15 is 0 Å². The quantitative estimate of drug-likeness (QED) is 0.811. The highest BCUT2D eigenvalue weighted by atomic mass is 32.2. The van der Waals surface area contributed by atoms with Crippen LogP contribution in [0.3, 0.4) is 0 Å². The van der Waals surface area contributed by atoms with Crippen molar-refractivity contribution in [1.82, 2.24) is 0 Å². The van der Waals surface area contributed by atoms with E-state index in [1.54, 1.807) is 60.7 Å². The summed E-state index contributed by atoms with van der Waals surface area (Å²) in [6, 6.07) is 16.2. The molecule has 0 radical (unpaired) electrons. The number of sulfonamides is 1. The first-order valence-corrected chi connectivity index (χ1v) is 8.49. The molecule has 0 amide bonds. The average molecular weight is 332 g/mol. The summed E-state index contributed by atoms with van der Waals surface area (Å²) in [6.07, 6.45) is 0. The summed E-state index contributed by atoms with van der Waals surface area (Å²) in [7, 11) is -7.53. The Kier molecular flexibility index (Phi) is 4.44. The average Bonchev–Trinajstić information content (AvgIpc) is 2.45. The van der Waals surface area contributed by atoms with E-state index in [0.29, 0.717) is 10.6 Å². The monoisotopic (exact) mass is 332 g/mol. The van der Waals surface area contributed by atoms with E-state index < -0.39 is 23.2 Å². The molecule has 0 aliphatic carbocycles. The Morgan fingerprint density at radius 2 is 1.19 bits per heavy atom. The summed E-state index contributed by atoms with van der Waals surface area (Å²) in [6.45, 7) is 0. The van der Waals surface area contributed by atoms with E-state index in [-0.39, 0.29) is 0 Å². The maximum atomic E-state index is 12.6. The van der Waals surface area contributed by atoms with Crippen LogP contribution in [0.1, 0.15) is 0 Å². The molecule has 0 saturated carbocycles. The second-order valence-electron chi connectivity index (χ2n) is 3.99. The van der Waals surface area contributed by atoms with Gasteiger partial charge in [-0.15, -0.1) is 0 Å². The first-order valence-electron chi connectivity index (χ1n) is 5.76. The molecule has 21 heavy (non-hydrogen) atoms. The van der Waals surface area contributed by atoms with Gasteiger partial charge >= 0.3 is 15.5 Å². The number of benzene rings is 2. The SMILES string of the molecule is O=S(=O)(N=[P+](c1ccccc1)c1ccccc1)C(F)(F)F. The molecule has 0 atom stereocenters. The first kappa shape index (κ1) is 15.7. The lowest BCUT2D eigenvalue weighted by Crippen LogP contribution is -2.21. The summed E-state index contributed by atoms with van der Waals surface area (Å²) >= 11 is 0. The molecular weight excluding hydrogens is 322 g/mol. The van der Waals surface area contributed by atoms with Gasteiger partial charge in [0.25, 0.3) is 7.71 Å². The fourth-order valence-electron chi connectivity index (χ4n) is 1.54. The molecule has 0 saturated heterocycles. The van der Waals surface area contributed by atoms with E-state index in [0.717, 1.165) is 0 Å². The smallest absolute Gasteiger partial charge is 0.192 e. The van der Waals surface area contributed by atoms with Crippen LogP contribution in [-0.4, -0.2) is 13.9 Å². The van der Waals surface area contributed by atoms with Crippen molar-refractivity contribution in [3.8, 4) is 0 Å². The van der Waals surface area contributed by atoms with E-state index in [9.17, 15) is 21.6 Å². The molecule has 0 aliphatic heterocycles. The van der Waals surface area contributed by atoms with Gasteiger partial charge < -0.3 is 0 Å². The molecule has 0 aliphatic rings. The van der Waals surface area contributed by atoms with Crippen molar-refractivity contribution < 1.29 is 21.6 Å². The normalized spacial score (nSPS) is 12.0. The summed E-state index contributed by atoms with van der Waals surface area (Å²) in [5.74, 6) is 0. The van der Waals surface area contributed by atoms with Crippen LogP contribution in [0.25, 0.3) is 0 Å². The Bertz CT molecular complexity index is 702. The Balaban J connectivity index is 2.64. The fourth-order valence-corrected chi connectivity index (χ4v) is 4.73. The van der Waals surface area contributed by atoms with E-state index in [2.05, 4.69) is 4.15 Å². The second kappa shape index (κ2) is 5.95. The van der Waals surface area contributed by atoms with Crippen molar-refractivity contribution in [3.05, 3.63) is 60.7 Å². The number of hydrogen-bond acceptors (Lipinski definition) is 2. The lowest BCUT2D eigenvalue weighted by molar-refractivity contribution is -0.0434. The molecule has 110 valence electrons. The van der Waals surface area contributed by atoms with E-state index in [1.807, 2.05) is 0 Å². The third kappa shape index (κ3) is 3.68. The van der Waals surface area contributed by atoms with Crippen LogP contribution in [0.2, 0.25) is 0 Å². The predicted molar refractivity (Wildman–Crippen MR) is 76.5 cm³/mol. The van der Waals surface area contributed by atoms with Gasteiger partial charge in [-0.25, -0.2) is 0 Å². The fraction of sp³-hybridized carbons (Fsp3) is 0.0769. The molecule has 3 nitrogen and oxygen atoms in total. The Morgan fingerprint density at radius 3 is 1.52 bits per heavy atom. The third-order valence-electron chi connectivity index (χ3n) is 2.48. The Hall–Kier alpha value is -1.72. The van der Waals surface area contributed by atoms with Gasteiger partial charge in [-0.1, -0.05) is 36.4 Å². The zero-order chi connectivity index (χ0) is 15.5. The molecule has 2 aromatic rings. The molecular formula is C13H10F3NO2PS+. The molecule has 0 bridgehead atoms.